The Balaban J connectivity index is 1.36. The number of aromatic hydroxyl groups is 1. The fraction of sp³-hybridized carbons (Fsp3) is 0.571. The predicted molar refractivity (Wildman–Crippen MR) is 150 cm³/mol. The molecule has 4 N–H and O–H groups in total. The largest absolute Gasteiger partial charge is 0.507 e. The zero-order chi connectivity index (χ0) is 28.3. The molecule has 2 aliphatic heterocycles. The van der Waals surface area contributed by atoms with Crippen LogP contribution in [0.15, 0.2) is 30.3 Å². The number of carbonyl (C=O) groups excluding carboxylic acids is 2. The first-order valence-electron chi connectivity index (χ1n) is 13.5. The molecule has 212 valence electrons. The molecule has 0 saturated carbocycles. The van der Waals surface area contributed by atoms with Gasteiger partial charge in [0.05, 0.1) is 24.0 Å². The van der Waals surface area contributed by atoms with Gasteiger partial charge in [-0.15, -0.1) is 10.2 Å². The van der Waals surface area contributed by atoms with Crippen molar-refractivity contribution in [2.75, 3.05) is 57.0 Å². The Kier molecular flexibility index (Phi) is 8.60. The van der Waals surface area contributed by atoms with Crippen molar-refractivity contribution in [3.8, 4) is 17.0 Å². The molecule has 2 aromatic rings. The Hall–Kier alpha value is -3.44. The van der Waals surface area contributed by atoms with Crippen LogP contribution in [0.2, 0.25) is 0 Å². The minimum Gasteiger partial charge on any atom is -0.507 e. The molecule has 1 aromatic heterocycles. The summed E-state index contributed by atoms with van der Waals surface area (Å²) in [6.45, 7) is 11.3. The molecule has 2 aliphatic rings. The minimum absolute atomic E-state index is 0.0238. The number of methoxy groups -OCH3 is 1. The van der Waals surface area contributed by atoms with Gasteiger partial charge in [0, 0.05) is 51.4 Å². The summed E-state index contributed by atoms with van der Waals surface area (Å²) >= 11 is 0. The third-order valence-electron chi connectivity index (χ3n) is 7.63. The van der Waals surface area contributed by atoms with Gasteiger partial charge in [0.25, 0.3) is 0 Å². The van der Waals surface area contributed by atoms with E-state index in [4.69, 9.17) is 10.5 Å². The van der Waals surface area contributed by atoms with Gasteiger partial charge in [-0.25, -0.2) is 0 Å². The van der Waals surface area contributed by atoms with E-state index in [9.17, 15) is 14.7 Å². The topological polar surface area (TPSA) is 137 Å². The lowest BCUT2D eigenvalue weighted by Gasteiger charge is -2.37. The fourth-order valence-electron chi connectivity index (χ4n) is 5.30. The van der Waals surface area contributed by atoms with Gasteiger partial charge in [-0.1, -0.05) is 32.9 Å². The van der Waals surface area contributed by atoms with Crippen molar-refractivity contribution < 1.29 is 19.4 Å². The number of nitrogen functional groups attached to an aromatic ring is 1. The number of para-hydroxylation sites is 1. The average Bonchev–Trinajstić information content (AvgIpc) is 3.28. The molecule has 2 amide bonds. The monoisotopic (exact) mass is 539 g/mol. The van der Waals surface area contributed by atoms with Crippen LogP contribution in [-0.4, -0.2) is 101 Å². The molecule has 4 rings (SSSR count). The van der Waals surface area contributed by atoms with E-state index >= 15 is 0 Å². The number of aromatic nitrogens is 2. The summed E-state index contributed by atoms with van der Waals surface area (Å²) in [7, 11) is 1.67. The first-order valence-corrected chi connectivity index (χ1v) is 13.5. The van der Waals surface area contributed by atoms with Gasteiger partial charge in [-0.05, 0) is 37.0 Å². The van der Waals surface area contributed by atoms with Crippen LogP contribution in [0.1, 0.15) is 34.1 Å². The highest BCUT2D eigenvalue weighted by molar-refractivity contribution is 5.89. The van der Waals surface area contributed by atoms with Crippen molar-refractivity contribution in [3.05, 3.63) is 30.3 Å². The number of ether oxygens (including phenoxy) is 1. The molecular formula is C28H41N7O4. The highest BCUT2D eigenvalue weighted by Gasteiger charge is 2.41. The second-order valence-electron chi connectivity index (χ2n) is 11.6. The molecule has 3 atom stereocenters. The number of phenols is 1. The van der Waals surface area contributed by atoms with Gasteiger partial charge in [0.2, 0.25) is 11.8 Å². The van der Waals surface area contributed by atoms with E-state index in [1.54, 1.807) is 25.3 Å². The molecule has 0 bridgehead atoms. The van der Waals surface area contributed by atoms with E-state index in [1.807, 2.05) is 44.7 Å². The Morgan fingerprint density at radius 1 is 1.18 bits per heavy atom. The maximum absolute atomic E-state index is 13.5. The zero-order valence-corrected chi connectivity index (χ0v) is 23.6. The number of rotatable bonds is 7. The zero-order valence-electron chi connectivity index (χ0n) is 23.6. The second-order valence-corrected chi connectivity index (χ2v) is 11.6. The van der Waals surface area contributed by atoms with Crippen molar-refractivity contribution in [2.24, 2.45) is 5.41 Å². The predicted octanol–water partition coefficient (Wildman–Crippen LogP) is 1.72. The molecule has 0 unspecified atom stereocenters. The summed E-state index contributed by atoms with van der Waals surface area (Å²) in [6.07, 6.45) is 0.818. The first-order chi connectivity index (χ1) is 18.5. The van der Waals surface area contributed by atoms with Crippen LogP contribution in [-0.2, 0) is 14.3 Å². The van der Waals surface area contributed by atoms with Crippen LogP contribution < -0.4 is 16.0 Å². The van der Waals surface area contributed by atoms with Crippen LogP contribution >= 0.6 is 0 Å². The van der Waals surface area contributed by atoms with Crippen LogP contribution in [0.3, 0.4) is 0 Å². The molecule has 0 aliphatic carbocycles. The van der Waals surface area contributed by atoms with Crippen molar-refractivity contribution in [1.82, 2.24) is 25.3 Å². The van der Waals surface area contributed by atoms with Gasteiger partial charge >= 0.3 is 0 Å². The van der Waals surface area contributed by atoms with E-state index in [1.165, 1.54) is 0 Å². The normalized spacial score (nSPS) is 21.2. The fourth-order valence-corrected chi connectivity index (χ4v) is 5.30. The Morgan fingerprint density at radius 2 is 1.87 bits per heavy atom. The van der Waals surface area contributed by atoms with Gasteiger partial charge in [0.1, 0.15) is 11.8 Å². The van der Waals surface area contributed by atoms with Crippen LogP contribution in [0, 0.1) is 5.41 Å². The highest BCUT2D eigenvalue weighted by Crippen LogP contribution is 2.32. The van der Waals surface area contributed by atoms with Crippen LogP contribution in [0.25, 0.3) is 11.3 Å². The van der Waals surface area contributed by atoms with E-state index in [0.717, 1.165) is 12.1 Å². The van der Waals surface area contributed by atoms with Crippen molar-refractivity contribution in [3.63, 3.8) is 0 Å². The number of benzene rings is 1. The average molecular weight is 540 g/mol. The molecule has 0 radical (unpaired) electrons. The summed E-state index contributed by atoms with van der Waals surface area (Å²) in [5.41, 5.74) is 7.60. The number of carbonyl (C=O) groups is 2. The standard InChI is InChI=1S/C28H41N7O4/c1-18-14-19(39-5)16-35(18)27(38)25(28(2,3)4)30-24(37)17-33-10-12-34(13-11-33)22-15-21(31-32-26(22)29)20-8-6-7-9-23(20)36/h6-9,15,18-19,25,36H,10-14,16-17H2,1-5H3,(H2,29,32)(H,30,37)/t18-,19-,25-/m1/s1. The minimum atomic E-state index is -0.625. The summed E-state index contributed by atoms with van der Waals surface area (Å²) in [4.78, 5) is 32.6. The number of nitrogens with zero attached hydrogens (tertiary/aromatic N) is 5. The number of phenolic OH excluding ortho intramolecular Hbond substituents is 1. The van der Waals surface area contributed by atoms with Gasteiger partial charge in [0.15, 0.2) is 5.82 Å². The summed E-state index contributed by atoms with van der Waals surface area (Å²) in [5, 5.41) is 21.5. The number of hydrogen-bond donors (Lipinski definition) is 3. The lowest BCUT2D eigenvalue weighted by Crippen LogP contribution is -2.57. The molecule has 2 saturated heterocycles. The summed E-state index contributed by atoms with van der Waals surface area (Å²) in [5.74, 6) is 0.217. The van der Waals surface area contributed by atoms with Gasteiger partial charge < -0.3 is 30.7 Å². The van der Waals surface area contributed by atoms with Crippen molar-refractivity contribution in [2.45, 2.75) is 52.3 Å². The number of amides is 2. The molecule has 1 aromatic carbocycles. The number of nitrogens with two attached hydrogens (primary N) is 1. The van der Waals surface area contributed by atoms with Crippen molar-refractivity contribution >= 4 is 23.3 Å². The van der Waals surface area contributed by atoms with Crippen LogP contribution in [0.4, 0.5) is 11.5 Å². The maximum atomic E-state index is 13.5. The number of hydrogen-bond acceptors (Lipinski definition) is 9. The molecule has 0 spiro atoms. The number of likely N-dealkylation sites (tertiary alicyclic amines) is 1. The second kappa shape index (κ2) is 11.7. The number of nitrogens with one attached hydrogen (secondary N) is 1. The third-order valence-corrected chi connectivity index (χ3v) is 7.63. The highest BCUT2D eigenvalue weighted by atomic mass is 16.5. The Labute approximate surface area is 230 Å². The SMILES string of the molecule is CO[C@@H]1C[C@@H](C)N(C(=O)[C@@H](NC(=O)CN2CCN(c3cc(-c4ccccc4O)nnc3N)CC2)C(C)(C)C)C1. The van der Waals surface area contributed by atoms with E-state index in [0.29, 0.717) is 49.8 Å². The van der Waals surface area contributed by atoms with Crippen molar-refractivity contribution in [1.29, 1.82) is 0 Å². The molecule has 11 nitrogen and oxygen atoms in total. The first kappa shape index (κ1) is 28.6. The Bertz CT molecular complexity index is 1180. The quantitative estimate of drug-likeness (QED) is 0.480. The molecule has 3 heterocycles. The molecular weight excluding hydrogens is 498 g/mol. The maximum Gasteiger partial charge on any atom is 0.246 e. The summed E-state index contributed by atoms with van der Waals surface area (Å²) in [6, 6.07) is 8.26. The van der Waals surface area contributed by atoms with E-state index < -0.39 is 11.5 Å². The summed E-state index contributed by atoms with van der Waals surface area (Å²) < 4.78 is 5.47. The molecule has 2 fully saturated rings. The van der Waals surface area contributed by atoms with E-state index in [2.05, 4.69) is 25.3 Å². The molecule has 11 heteroatoms. The number of piperazine rings is 1. The Morgan fingerprint density at radius 3 is 2.49 bits per heavy atom. The van der Waals surface area contributed by atoms with Gasteiger partial charge in [-0.2, -0.15) is 0 Å². The lowest BCUT2D eigenvalue weighted by molar-refractivity contribution is -0.140. The molecule has 39 heavy (non-hydrogen) atoms. The number of anilines is 2. The lowest BCUT2D eigenvalue weighted by atomic mass is 9.85. The smallest absolute Gasteiger partial charge is 0.246 e. The van der Waals surface area contributed by atoms with Gasteiger partial charge in [-0.3, -0.25) is 14.5 Å². The van der Waals surface area contributed by atoms with E-state index in [-0.39, 0.29) is 36.3 Å². The third kappa shape index (κ3) is 6.59. The van der Waals surface area contributed by atoms with Crippen LogP contribution in [0.5, 0.6) is 5.75 Å².